The molecule has 1 aliphatic carbocycles. The predicted molar refractivity (Wildman–Crippen MR) is 178 cm³/mol. The third-order valence-corrected chi connectivity index (χ3v) is 11.6. The Balaban J connectivity index is 1.34. The summed E-state index contributed by atoms with van der Waals surface area (Å²) in [6, 6.07) is 15.5. The number of nitrogens with zero attached hydrogens (tertiary/aromatic N) is 1. The Kier molecular flexibility index (Phi) is 11.7. The maximum Gasteiger partial charge on any atom is 0.406 e. The van der Waals surface area contributed by atoms with E-state index in [1.165, 1.54) is 35.6 Å². The number of fused-ring (bicyclic) bond motifs is 1. The molecule has 0 radical (unpaired) electrons. The van der Waals surface area contributed by atoms with Gasteiger partial charge in [-0.2, -0.15) is 4.31 Å². The van der Waals surface area contributed by atoms with Gasteiger partial charge in [-0.3, -0.25) is 4.79 Å². The molecule has 12 nitrogen and oxygen atoms in total. The predicted octanol–water partition coefficient (Wildman–Crippen LogP) is 3.58. The Labute approximate surface area is 283 Å². The van der Waals surface area contributed by atoms with E-state index in [4.69, 9.17) is 24.7 Å². The maximum atomic E-state index is 14.1. The minimum Gasteiger partial charge on any atom is -0.462 e. The molecule has 2 saturated heterocycles. The van der Waals surface area contributed by atoms with Crippen molar-refractivity contribution >= 4 is 27.8 Å². The molecule has 1 amide bonds. The van der Waals surface area contributed by atoms with E-state index in [0.29, 0.717) is 38.2 Å². The van der Waals surface area contributed by atoms with Gasteiger partial charge in [0.05, 0.1) is 37.2 Å². The maximum absolute atomic E-state index is 14.1. The van der Waals surface area contributed by atoms with Crippen molar-refractivity contribution in [1.82, 2.24) is 9.62 Å². The Morgan fingerprint density at radius 3 is 2.50 bits per heavy atom. The highest BCUT2D eigenvalue weighted by atomic mass is 32.2. The van der Waals surface area contributed by atoms with Crippen LogP contribution in [-0.4, -0.2) is 88.3 Å². The molecule has 5 unspecified atom stereocenters. The second-order valence-electron chi connectivity index (χ2n) is 14.1. The fraction of sp³-hybridized carbons (Fsp3) is 0.600. The monoisotopic (exact) mass is 687 g/mol. The number of nitrogens with two attached hydrogens (primary N) is 1. The molecule has 1 saturated carbocycles. The molecule has 2 heterocycles. The molecular weight excluding hydrogens is 638 g/mol. The number of carbonyl (C=O) groups is 2. The minimum atomic E-state index is -4.09. The lowest BCUT2D eigenvalue weighted by Gasteiger charge is -2.35. The quantitative estimate of drug-likeness (QED) is 0.135. The Morgan fingerprint density at radius 2 is 1.79 bits per heavy atom. The van der Waals surface area contributed by atoms with Gasteiger partial charge in [-0.05, 0) is 60.9 Å². The highest BCUT2D eigenvalue weighted by Gasteiger charge is 2.56. The summed E-state index contributed by atoms with van der Waals surface area (Å²) in [5.41, 5.74) is 6.64. The topological polar surface area (TPSA) is 167 Å². The van der Waals surface area contributed by atoms with Gasteiger partial charge in [-0.1, -0.05) is 44.2 Å². The highest BCUT2D eigenvalue weighted by molar-refractivity contribution is 7.89. The van der Waals surface area contributed by atoms with Crippen LogP contribution in [0.4, 0.5) is 10.5 Å². The zero-order valence-electron chi connectivity index (χ0n) is 28.0. The molecule has 0 aromatic heterocycles. The number of amides is 1. The number of hydrogen-bond acceptors (Lipinski definition) is 10. The van der Waals surface area contributed by atoms with Crippen molar-refractivity contribution in [2.24, 2.45) is 29.1 Å². The fourth-order valence-corrected chi connectivity index (χ4v) is 8.91. The van der Waals surface area contributed by atoms with Crippen LogP contribution in [-0.2, 0) is 40.2 Å². The van der Waals surface area contributed by atoms with Gasteiger partial charge in [-0.25, -0.2) is 13.2 Å². The molecule has 13 heteroatoms. The summed E-state index contributed by atoms with van der Waals surface area (Å²) in [4.78, 5) is 25.1. The number of aliphatic hydroxyl groups excluding tert-OH is 1. The van der Waals surface area contributed by atoms with Crippen LogP contribution in [0.2, 0.25) is 0 Å². The van der Waals surface area contributed by atoms with E-state index < -0.39 is 39.5 Å². The van der Waals surface area contributed by atoms with E-state index in [2.05, 4.69) is 5.32 Å². The highest BCUT2D eigenvalue weighted by Crippen LogP contribution is 2.49. The summed E-state index contributed by atoms with van der Waals surface area (Å²) in [5, 5.41) is 14.2. The number of ether oxygens (including phenoxy) is 4. The molecule has 5 rings (SSSR count). The number of alkyl carbamates (subject to hydrolysis) is 1. The number of aliphatic hydroxyl groups is 1. The largest absolute Gasteiger partial charge is 0.462 e. The van der Waals surface area contributed by atoms with Crippen LogP contribution in [0.25, 0.3) is 0 Å². The van der Waals surface area contributed by atoms with E-state index in [1.54, 1.807) is 0 Å². The average molecular weight is 688 g/mol. The van der Waals surface area contributed by atoms with E-state index in [9.17, 15) is 23.1 Å². The third kappa shape index (κ3) is 8.86. The first-order valence-electron chi connectivity index (χ1n) is 16.7. The summed E-state index contributed by atoms with van der Waals surface area (Å²) in [6.45, 7) is 4.86. The van der Waals surface area contributed by atoms with Crippen LogP contribution in [0.5, 0.6) is 0 Å². The van der Waals surface area contributed by atoms with Crippen molar-refractivity contribution in [3.05, 3.63) is 60.2 Å². The van der Waals surface area contributed by atoms with Crippen LogP contribution in [0.15, 0.2) is 59.5 Å². The van der Waals surface area contributed by atoms with Crippen molar-refractivity contribution < 1.29 is 42.1 Å². The first-order chi connectivity index (χ1) is 22.9. The van der Waals surface area contributed by atoms with Gasteiger partial charge >= 0.3 is 12.1 Å². The lowest BCUT2D eigenvalue weighted by Crippen LogP contribution is -2.45. The molecule has 3 fully saturated rings. The second kappa shape index (κ2) is 15.5. The molecule has 3 aliphatic rings. The van der Waals surface area contributed by atoms with Crippen molar-refractivity contribution in [2.75, 3.05) is 45.7 Å². The van der Waals surface area contributed by atoms with E-state index in [0.717, 1.165) is 12.0 Å². The first kappa shape index (κ1) is 36.1. The standard InChI is InChI=1S/C35H49N3O9S/c1-35(2,14-7-15-44-34(41)37-3)22-38(48(42,43)27-12-10-26(36)11-13-27)19-30(39)24(16-23-8-5-4-6-9-23)18-31(40)47-32-25-17-28-29(32)21-46-33(28)45-20-25/h4-6,8-13,24-25,28-30,32-33,39H,7,14-22,36H2,1-3H3,(H,37,41)/t24-,25?,28?,29?,30-,32?,33?/m1/s1. The van der Waals surface area contributed by atoms with Gasteiger partial charge in [-0.15, -0.1) is 0 Å². The van der Waals surface area contributed by atoms with E-state index >= 15 is 0 Å². The first-order valence-corrected chi connectivity index (χ1v) is 18.1. The zero-order valence-corrected chi connectivity index (χ0v) is 28.8. The number of carbonyl (C=O) groups excluding carboxylic acids is 2. The SMILES string of the molecule is CNC(=O)OCCCC(C)(C)CN(C[C@@H](O)[C@@H](CC(=O)OC1C2COC3OCC1C3C2)Cc1ccccc1)S(=O)(=O)c1ccc(N)cc1. The molecule has 4 N–H and O–H groups in total. The van der Waals surface area contributed by atoms with Crippen LogP contribution >= 0.6 is 0 Å². The number of rotatable bonds is 16. The molecule has 2 aliphatic heterocycles. The molecule has 0 spiro atoms. The summed E-state index contributed by atoms with van der Waals surface area (Å²) in [7, 11) is -2.60. The average Bonchev–Trinajstić information content (AvgIpc) is 3.59. The minimum absolute atomic E-state index is 0.0494. The summed E-state index contributed by atoms with van der Waals surface area (Å²) < 4.78 is 52.3. The van der Waals surface area contributed by atoms with Gasteiger partial charge in [0.2, 0.25) is 10.0 Å². The molecule has 264 valence electrons. The molecule has 48 heavy (non-hydrogen) atoms. The number of esters is 1. The Morgan fingerprint density at radius 1 is 1.08 bits per heavy atom. The van der Waals surface area contributed by atoms with Crippen LogP contribution in [0.1, 0.15) is 45.1 Å². The van der Waals surface area contributed by atoms with E-state index in [1.807, 2.05) is 44.2 Å². The fourth-order valence-electron chi connectivity index (χ4n) is 7.26. The van der Waals surface area contributed by atoms with E-state index in [-0.39, 0.29) is 61.2 Å². The van der Waals surface area contributed by atoms with Crippen LogP contribution in [0.3, 0.4) is 0 Å². The molecule has 7 atom stereocenters. The number of hydrogen-bond donors (Lipinski definition) is 3. The number of anilines is 1. The van der Waals surface area contributed by atoms with Crippen LogP contribution < -0.4 is 11.1 Å². The smallest absolute Gasteiger partial charge is 0.406 e. The lowest BCUT2D eigenvalue weighted by atomic mass is 9.87. The molecular formula is C35H49N3O9S. The summed E-state index contributed by atoms with van der Waals surface area (Å²) >= 11 is 0. The van der Waals surface area contributed by atoms with Gasteiger partial charge in [0, 0.05) is 49.5 Å². The number of benzene rings is 2. The van der Waals surface area contributed by atoms with Crippen molar-refractivity contribution in [3.63, 3.8) is 0 Å². The number of nitrogens with one attached hydrogen (secondary N) is 1. The second-order valence-corrected chi connectivity index (χ2v) is 16.0. The van der Waals surface area contributed by atoms with Crippen molar-refractivity contribution in [3.8, 4) is 0 Å². The van der Waals surface area contributed by atoms with Gasteiger partial charge in [0.1, 0.15) is 6.10 Å². The Hall–Kier alpha value is -3.23. The summed E-state index contributed by atoms with van der Waals surface area (Å²) in [6.07, 6.45) is -0.0388. The Bertz CT molecular complexity index is 1490. The molecule has 2 bridgehead atoms. The molecule has 2 aromatic carbocycles. The number of sulfonamides is 1. The van der Waals surface area contributed by atoms with Gasteiger partial charge < -0.3 is 35.1 Å². The third-order valence-electron chi connectivity index (χ3n) is 9.82. The zero-order chi connectivity index (χ0) is 34.5. The number of nitrogen functional groups attached to an aromatic ring is 1. The van der Waals surface area contributed by atoms with Crippen LogP contribution in [0, 0.1) is 29.1 Å². The molecule has 2 aromatic rings. The van der Waals surface area contributed by atoms with Gasteiger partial charge in [0.15, 0.2) is 6.29 Å². The lowest BCUT2D eigenvalue weighted by molar-refractivity contribution is -0.178. The van der Waals surface area contributed by atoms with Crippen molar-refractivity contribution in [1.29, 1.82) is 0 Å². The van der Waals surface area contributed by atoms with Gasteiger partial charge in [0.25, 0.3) is 0 Å². The normalized spacial score (nSPS) is 24.6. The van der Waals surface area contributed by atoms with Crippen molar-refractivity contribution in [2.45, 2.75) is 69.3 Å². The summed E-state index contributed by atoms with van der Waals surface area (Å²) in [5.74, 6) is -0.629.